The second-order valence-corrected chi connectivity index (χ2v) is 12.1. The zero-order chi connectivity index (χ0) is 29.5. The normalized spacial score (nSPS) is 12.8. The molecule has 0 N–H and O–H groups in total. The largest absolute Gasteiger partial charge is 0.375 e. The highest BCUT2D eigenvalue weighted by Gasteiger charge is 2.42. The van der Waals surface area contributed by atoms with Crippen LogP contribution < -0.4 is 15.8 Å². The minimum absolute atomic E-state index is 0.0758. The fourth-order valence-corrected chi connectivity index (χ4v) is 7.90. The molecule has 0 saturated carbocycles. The summed E-state index contributed by atoms with van der Waals surface area (Å²) in [6, 6.07) is 60.1. The SMILES string of the molecule is c1ccc(-c2cc(-c3ccccc3)cc(N3c4ccccc4B4c5c(cccc53)-c3cccc5c6ccccc6n4c35)c2)cc1. The minimum Gasteiger partial charge on any atom is -0.375 e. The molecule has 0 aliphatic carbocycles. The third-order valence-electron chi connectivity index (χ3n) is 9.74. The van der Waals surface area contributed by atoms with Crippen molar-refractivity contribution in [3.63, 3.8) is 0 Å². The van der Waals surface area contributed by atoms with Crippen LogP contribution in [0.15, 0.2) is 164 Å². The van der Waals surface area contributed by atoms with E-state index in [-0.39, 0.29) is 6.85 Å². The molecule has 3 heterocycles. The molecule has 2 aliphatic rings. The van der Waals surface area contributed by atoms with Crippen molar-refractivity contribution in [3.05, 3.63) is 164 Å². The Morgan fingerprint density at radius 1 is 0.422 bits per heavy atom. The predicted octanol–water partition coefficient (Wildman–Crippen LogP) is 9.55. The van der Waals surface area contributed by atoms with E-state index in [0.29, 0.717) is 0 Å². The fraction of sp³-hybridized carbons (Fsp3) is 0. The summed E-state index contributed by atoms with van der Waals surface area (Å²) in [5, 5.41) is 2.63. The fourth-order valence-electron chi connectivity index (χ4n) is 7.90. The predicted molar refractivity (Wildman–Crippen MR) is 191 cm³/mol. The lowest BCUT2D eigenvalue weighted by molar-refractivity contribution is 1.25. The van der Waals surface area contributed by atoms with E-state index in [1.165, 1.54) is 77.5 Å². The lowest BCUT2D eigenvalue weighted by Gasteiger charge is -2.40. The molecule has 0 atom stereocenters. The Morgan fingerprint density at radius 2 is 1.02 bits per heavy atom. The van der Waals surface area contributed by atoms with Gasteiger partial charge >= 0.3 is 6.85 Å². The standard InChI is InChI=1S/C42H27BN2/c1-3-13-28(14-4-1)30-25-31(29-15-5-2-6-16-29)27-32(26-30)44-39-23-10-8-21-37(39)43-41-34(18-12-24-40(41)44)36-20-11-19-35-33-17-7-9-22-38(33)45(43)42(35)36/h1-27H. The second-order valence-electron chi connectivity index (χ2n) is 12.1. The van der Waals surface area contributed by atoms with E-state index in [1.54, 1.807) is 0 Å². The summed E-state index contributed by atoms with van der Waals surface area (Å²) in [6.07, 6.45) is 0. The van der Waals surface area contributed by atoms with Gasteiger partial charge in [0.25, 0.3) is 0 Å². The van der Waals surface area contributed by atoms with Crippen LogP contribution in [0.25, 0.3) is 55.2 Å². The van der Waals surface area contributed by atoms with E-state index in [4.69, 9.17) is 0 Å². The number of para-hydroxylation sites is 3. The molecular formula is C42H27BN2. The number of nitrogens with zero attached hydrogens (tertiary/aromatic N) is 2. The Morgan fingerprint density at radius 3 is 1.80 bits per heavy atom. The molecule has 0 spiro atoms. The lowest BCUT2D eigenvalue weighted by atomic mass is 9.45. The highest BCUT2D eigenvalue weighted by atomic mass is 15.2. The maximum Gasteiger partial charge on any atom is 0.333 e. The van der Waals surface area contributed by atoms with Crippen LogP contribution in [0.2, 0.25) is 0 Å². The van der Waals surface area contributed by atoms with E-state index in [2.05, 4.69) is 173 Å². The Balaban J connectivity index is 1.29. The van der Waals surface area contributed by atoms with Crippen molar-refractivity contribution in [2.24, 2.45) is 0 Å². The van der Waals surface area contributed by atoms with Gasteiger partial charge in [0.2, 0.25) is 0 Å². The van der Waals surface area contributed by atoms with Crippen molar-refractivity contribution < 1.29 is 0 Å². The smallest absolute Gasteiger partial charge is 0.333 e. The molecule has 10 rings (SSSR count). The molecule has 2 nitrogen and oxygen atoms in total. The average Bonchev–Trinajstić information content (AvgIpc) is 3.45. The van der Waals surface area contributed by atoms with Crippen molar-refractivity contribution in [3.8, 4) is 33.4 Å². The first-order valence-electron chi connectivity index (χ1n) is 15.6. The zero-order valence-electron chi connectivity index (χ0n) is 24.6. The summed E-state index contributed by atoms with van der Waals surface area (Å²) in [5.41, 5.74) is 16.4. The molecule has 0 amide bonds. The Kier molecular flexibility index (Phi) is 5.12. The maximum atomic E-state index is 2.61. The van der Waals surface area contributed by atoms with Crippen molar-refractivity contribution in [1.29, 1.82) is 0 Å². The van der Waals surface area contributed by atoms with Gasteiger partial charge in [0, 0.05) is 44.4 Å². The van der Waals surface area contributed by atoms with Crippen LogP contribution in [-0.2, 0) is 0 Å². The summed E-state index contributed by atoms with van der Waals surface area (Å²) in [4.78, 5) is 2.50. The van der Waals surface area contributed by atoms with Crippen molar-refractivity contribution >= 4 is 56.6 Å². The van der Waals surface area contributed by atoms with Gasteiger partial charge in [0.1, 0.15) is 0 Å². The number of hydrogen-bond acceptors (Lipinski definition) is 1. The highest BCUT2D eigenvalue weighted by molar-refractivity contribution is 6.90. The lowest BCUT2D eigenvalue weighted by Crippen LogP contribution is -2.56. The molecule has 0 unspecified atom stereocenters. The first-order valence-corrected chi connectivity index (χ1v) is 15.6. The molecule has 0 fully saturated rings. The summed E-state index contributed by atoms with van der Waals surface area (Å²) >= 11 is 0. The van der Waals surface area contributed by atoms with E-state index >= 15 is 0 Å². The summed E-state index contributed by atoms with van der Waals surface area (Å²) < 4.78 is 2.61. The number of anilines is 3. The van der Waals surface area contributed by atoms with Gasteiger partial charge in [-0.2, -0.15) is 0 Å². The molecule has 8 aromatic rings. The van der Waals surface area contributed by atoms with Crippen LogP contribution >= 0.6 is 0 Å². The summed E-state index contributed by atoms with van der Waals surface area (Å²) in [5.74, 6) is 0. The second kappa shape index (κ2) is 9.35. The van der Waals surface area contributed by atoms with Crippen LogP contribution in [0.5, 0.6) is 0 Å². The molecule has 0 saturated heterocycles. The van der Waals surface area contributed by atoms with Gasteiger partial charge in [-0.05, 0) is 75.1 Å². The quantitative estimate of drug-likeness (QED) is 0.192. The number of hydrogen-bond donors (Lipinski definition) is 0. The van der Waals surface area contributed by atoms with Gasteiger partial charge in [-0.1, -0.05) is 127 Å². The Labute approximate surface area is 262 Å². The number of rotatable bonds is 3. The van der Waals surface area contributed by atoms with E-state index in [0.717, 1.165) is 5.69 Å². The van der Waals surface area contributed by atoms with Gasteiger partial charge in [0.05, 0.1) is 0 Å². The van der Waals surface area contributed by atoms with Crippen LogP contribution in [0, 0.1) is 0 Å². The maximum absolute atomic E-state index is 2.61. The topological polar surface area (TPSA) is 8.17 Å². The van der Waals surface area contributed by atoms with Crippen molar-refractivity contribution in [2.75, 3.05) is 4.90 Å². The Hall–Kier alpha value is -5.80. The van der Waals surface area contributed by atoms with Gasteiger partial charge in [-0.25, -0.2) is 0 Å². The molecule has 3 heteroatoms. The third-order valence-corrected chi connectivity index (χ3v) is 9.74. The van der Waals surface area contributed by atoms with Gasteiger partial charge < -0.3 is 9.38 Å². The third kappa shape index (κ3) is 3.47. The summed E-state index contributed by atoms with van der Waals surface area (Å²) in [6.45, 7) is 0.0758. The number of benzene rings is 7. The van der Waals surface area contributed by atoms with Crippen LogP contribution in [-0.4, -0.2) is 11.3 Å². The highest BCUT2D eigenvalue weighted by Crippen LogP contribution is 2.46. The molecule has 45 heavy (non-hydrogen) atoms. The first kappa shape index (κ1) is 24.6. The molecular weight excluding hydrogens is 543 g/mol. The Bertz CT molecular complexity index is 2380. The zero-order valence-corrected chi connectivity index (χ0v) is 24.6. The minimum atomic E-state index is 0.0758. The average molecular weight is 571 g/mol. The monoisotopic (exact) mass is 570 g/mol. The van der Waals surface area contributed by atoms with Crippen LogP contribution in [0.4, 0.5) is 17.1 Å². The first-order chi connectivity index (χ1) is 22.3. The van der Waals surface area contributed by atoms with Gasteiger partial charge in [-0.15, -0.1) is 0 Å². The molecule has 208 valence electrons. The summed E-state index contributed by atoms with van der Waals surface area (Å²) in [7, 11) is 0. The van der Waals surface area contributed by atoms with Crippen LogP contribution in [0.1, 0.15) is 0 Å². The number of fused-ring (bicyclic) bond motifs is 7. The van der Waals surface area contributed by atoms with Crippen molar-refractivity contribution in [1.82, 2.24) is 4.48 Å². The van der Waals surface area contributed by atoms with E-state index < -0.39 is 0 Å². The van der Waals surface area contributed by atoms with Crippen molar-refractivity contribution in [2.45, 2.75) is 0 Å². The number of aromatic nitrogens is 1. The van der Waals surface area contributed by atoms with E-state index in [9.17, 15) is 0 Å². The molecule has 0 radical (unpaired) electrons. The van der Waals surface area contributed by atoms with Gasteiger partial charge in [0.15, 0.2) is 0 Å². The van der Waals surface area contributed by atoms with E-state index in [1.807, 2.05) is 0 Å². The molecule has 0 bridgehead atoms. The van der Waals surface area contributed by atoms with Gasteiger partial charge in [-0.3, -0.25) is 0 Å². The molecule has 7 aromatic carbocycles. The molecule has 2 aliphatic heterocycles. The molecule has 1 aromatic heterocycles. The van der Waals surface area contributed by atoms with Crippen LogP contribution in [0.3, 0.4) is 0 Å².